The summed E-state index contributed by atoms with van der Waals surface area (Å²) in [6, 6.07) is 14.7. The van der Waals surface area contributed by atoms with E-state index in [4.69, 9.17) is 4.98 Å². The molecule has 1 fully saturated rings. The molecule has 2 heterocycles. The monoisotopic (exact) mass is 403 g/mol. The average molecular weight is 404 g/mol. The molecule has 4 nitrogen and oxygen atoms in total. The number of carbonyl (C=O) groups is 1. The van der Waals surface area contributed by atoms with Crippen LogP contribution in [0.1, 0.15) is 68.3 Å². The number of aromatic nitrogens is 2. The second-order valence-corrected chi connectivity index (χ2v) is 8.72. The van der Waals surface area contributed by atoms with Crippen LogP contribution in [-0.2, 0) is 11.3 Å². The molecule has 0 saturated carbocycles. The van der Waals surface area contributed by atoms with Gasteiger partial charge in [0.2, 0.25) is 5.91 Å². The number of aryl methyl sites for hydroxylation is 3. The Kier molecular flexibility index (Phi) is 6.21. The van der Waals surface area contributed by atoms with Crippen molar-refractivity contribution in [3.8, 4) is 0 Å². The predicted molar refractivity (Wildman–Crippen MR) is 124 cm³/mol. The van der Waals surface area contributed by atoms with Crippen LogP contribution in [0.5, 0.6) is 0 Å². The standard InChI is InChI=1S/C26H33N3O/c1-4-5-6-7-10-15-28-23-12-9-8-11-22(23)27-26(28)21-17-25(30)29(18-21)24-16-19(2)13-14-20(24)3/h8-9,11-14,16,21H,4-7,10,15,17-18H2,1-3H3. The van der Waals surface area contributed by atoms with Crippen molar-refractivity contribution in [2.24, 2.45) is 0 Å². The zero-order valence-corrected chi connectivity index (χ0v) is 18.5. The van der Waals surface area contributed by atoms with Crippen LogP contribution in [0.3, 0.4) is 0 Å². The van der Waals surface area contributed by atoms with Crippen molar-refractivity contribution in [1.82, 2.24) is 9.55 Å². The molecule has 1 aliphatic heterocycles. The van der Waals surface area contributed by atoms with Gasteiger partial charge in [-0.1, -0.05) is 56.9 Å². The number of benzene rings is 2. The van der Waals surface area contributed by atoms with Crippen LogP contribution in [0.2, 0.25) is 0 Å². The van der Waals surface area contributed by atoms with Crippen molar-refractivity contribution in [3.63, 3.8) is 0 Å². The molecular weight excluding hydrogens is 370 g/mol. The molecule has 2 aromatic carbocycles. The van der Waals surface area contributed by atoms with Crippen LogP contribution in [0.25, 0.3) is 11.0 Å². The number of hydrogen-bond donors (Lipinski definition) is 0. The van der Waals surface area contributed by atoms with Crippen LogP contribution in [-0.4, -0.2) is 22.0 Å². The molecule has 1 unspecified atom stereocenters. The average Bonchev–Trinajstić information content (AvgIpc) is 3.30. The lowest BCUT2D eigenvalue weighted by atomic mass is 10.1. The minimum Gasteiger partial charge on any atom is -0.328 e. The summed E-state index contributed by atoms with van der Waals surface area (Å²) in [5.74, 6) is 1.42. The first-order chi connectivity index (χ1) is 14.6. The van der Waals surface area contributed by atoms with Gasteiger partial charge >= 0.3 is 0 Å². The minimum atomic E-state index is 0.139. The van der Waals surface area contributed by atoms with Crippen LogP contribution < -0.4 is 4.90 Å². The molecule has 0 bridgehead atoms. The number of fused-ring (bicyclic) bond motifs is 1. The van der Waals surface area contributed by atoms with Gasteiger partial charge in [-0.3, -0.25) is 4.79 Å². The van der Waals surface area contributed by atoms with Crippen molar-refractivity contribution < 1.29 is 4.79 Å². The highest BCUT2D eigenvalue weighted by molar-refractivity contribution is 5.97. The lowest BCUT2D eigenvalue weighted by molar-refractivity contribution is -0.117. The fourth-order valence-electron chi connectivity index (χ4n) is 4.64. The lowest BCUT2D eigenvalue weighted by Gasteiger charge is -2.20. The zero-order valence-electron chi connectivity index (χ0n) is 18.5. The summed E-state index contributed by atoms with van der Waals surface area (Å²) in [5, 5.41) is 0. The number of rotatable bonds is 8. The molecule has 1 saturated heterocycles. The Morgan fingerprint density at radius 3 is 2.67 bits per heavy atom. The second kappa shape index (κ2) is 9.03. The van der Waals surface area contributed by atoms with E-state index in [9.17, 15) is 4.79 Å². The molecule has 30 heavy (non-hydrogen) atoms. The molecule has 0 spiro atoms. The largest absolute Gasteiger partial charge is 0.328 e. The summed E-state index contributed by atoms with van der Waals surface area (Å²) in [4.78, 5) is 19.9. The summed E-state index contributed by atoms with van der Waals surface area (Å²) < 4.78 is 2.38. The number of hydrogen-bond acceptors (Lipinski definition) is 2. The van der Waals surface area contributed by atoms with E-state index in [2.05, 4.69) is 61.7 Å². The summed E-state index contributed by atoms with van der Waals surface area (Å²) in [5.41, 5.74) is 5.62. The van der Waals surface area contributed by atoms with Gasteiger partial charge in [0.1, 0.15) is 5.82 Å². The topological polar surface area (TPSA) is 38.1 Å². The number of amides is 1. The SMILES string of the molecule is CCCCCCCn1c(C2CC(=O)N(c3cc(C)ccc3C)C2)nc2ccccc21. The van der Waals surface area contributed by atoms with Gasteiger partial charge < -0.3 is 9.47 Å². The van der Waals surface area contributed by atoms with Gasteiger partial charge in [0.25, 0.3) is 0 Å². The first kappa shape index (κ1) is 20.6. The molecule has 0 radical (unpaired) electrons. The third-order valence-electron chi connectivity index (χ3n) is 6.31. The molecule has 4 heteroatoms. The molecule has 1 aromatic heterocycles. The molecule has 0 N–H and O–H groups in total. The minimum absolute atomic E-state index is 0.139. The maximum Gasteiger partial charge on any atom is 0.227 e. The van der Waals surface area contributed by atoms with Crippen molar-refractivity contribution in [3.05, 3.63) is 59.4 Å². The van der Waals surface area contributed by atoms with Crippen LogP contribution in [0.4, 0.5) is 5.69 Å². The van der Waals surface area contributed by atoms with Gasteiger partial charge in [0.05, 0.1) is 11.0 Å². The van der Waals surface area contributed by atoms with E-state index in [1.807, 2.05) is 11.0 Å². The molecular formula is C26H33N3O. The Labute approximate surface area is 179 Å². The molecule has 3 aromatic rings. The number of unbranched alkanes of at least 4 members (excludes halogenated alkanes) is 4. The smallest absolute Gasteiger partial charge is 0.227 e. The number of imidazole rings is 1. The molecule has 1 aliphatic rings. The number of nitrogens with zero attached hydrogens (tertiary/aromatic N) is 3. The normalized spacial score (nSPS) is 16.7. The zero-order chi connectivity index (χ0) is 21.1. The highest BCUT2D eigenvalue weighted by Gasteiger charge is 2.35. The third-order valence-corrected chi connectivity index (χ3v) is 6.31. The molecule has 1 atom stereocenters. The van der Waals surface area contributed by atoms with E-state index in [1.165, 1.54) is 36.8 Å². The van der Waals surface area contributed by atoms with Gasteiger partial charge in [-0.15, -0.1) is 0 Å². The van der Waals surface area contributed by atoms with E-state index in [1.54, 1.807) is 0 Å². The summed E-state index contributed by atoms with van der Waals surface area (Å²) in [6.07, 6.45) is 6.80. The Balaban J connectivity index is 1.60. The molecule has 0 aliphatic carbocycles. The Morgan fingerprint density at radius 2 is 1.83 bits per heavy atom. The summed E-state index contributed by atoms with van der Waals surface area (Å²) >= 11 is 0. The highest BCUT2D eigenvalue weighted by Crippen LogP contribution is 2.35. The van der Waals surface area contributed by atoms with Gasteiger partial charge in [-0.2, -0.15) is 0 Å². The van der Waals surface area contributed by atoms with Gasteiger partial charge in [0, 0.05) is 31.1 Å². The Bertz CT molecular complexity index is 1040. The summed E-state index contributed by atoms with van der Waals surface area (Å²) in [6.45, 7) is 8.11. The van der Waals surface area contributed by atoms with Crippen LogP contribution >= 0.6 is 0 Å². The molecule has 4 rings (SSSR count). The van der Waals surface area contributed by atoms with Gasteiger partial charge in [0.15, 0.2) is 0 Å². The van der Waals surface area contributed by atoms with Crippen molar-refractivity contribution in [2.75, 3.05) is 11.4 Å². The van der Waals surface area contributed by atoms with Gasteiger partial charge in [-0.25, -0.2) is 4.98 Å². The molecule has 158 valence electrons. The molecule has 1 amide bonds. The van der Waals surface area contributed by atoms with Crippen molar-refractivity contribution in [1.29, 1.82) is 0 Å². The Morgan fingerprint density at radius 1 is 1.03 bits per heavy atom. The van der Waals surface area contributed by atoms with Crippen molar-refractivity contribution >= 4 is 22.6 Å². The predicted octanol–water partition coefficient (Wildman–Crippen LogP) is 6.14. The number of anilines is 1. The fraction of sp³-hybridized carbons (Fsp3) is 0.462. The highest BCUT2D eigenvalue weighted by atomic mass is 16.2. The van der Waals surface area contributed by atoms with E-state index < -0.39 is 0 Å². The maximum absolute atomic E-state index is 13.0. The first-order valence-corrected chi connectivity index (χ1v) is 11.4. The quantitative estimate of drug-likeness (QED) is 0.423. The summed E-state index contributed by atoms with van der Waals surface area (Å²) in [7, 11) is 0. The number of para-hydroxylation sites is 2. The van der Waals surface area contributed by atoms with Crippen molar-refractivity contribution in [2.45, 2.75) is 71.8 Å². The van der Waals surface area contributed by atoms with Gasteiger partial charge in [-0.05, 0) is 49.6 Å². The lowest BCUT2D eigenvalue weighted by Crippen LogP contribution is -2.25. The van der Waals surface area contributed by atoms with E-state index in [0.717, 1.165) is 35.6 Å². The van der Waals surface area contributed by atoms with Crippen LogP contribution in [0.15, 0.2) is 42.5 Å². The second-order valence-electron chi connectivity index (χ2n) is 8.72. The van der Waals surface area contributed by atoms with Crippen LogP contribution in [0, 0.1) is 13.8 Å². The van der Waals surface area contributed by atoms with E-state index in [0.29, 0.717) is 13.0 Å². The van der Waals surface area contributed by atoms with E-state index >= 15 is 0 Å². The fourth-order valence-corrected chi connectivity index (χ4v) is 4.64. The number of carbonyl (C=O) groups excluding carboxylic acids is 1. The third kappa shape index (κ3) is 4.14. The Hall–Kier alpha value is -2.62. The first-order valence-electron chi connectivity index (χ1n) is 11.4. The van der Waals surface area contributed by atoms with E-state index in [-0.39, 0.29) is 11.8 Å². The maximum atomic E-state index is 13.0.